The van der Waals surface area contributed by atoms with E-state index in [4.69, 9.17) is 11.6 Å². The van der Waals surface area contributed by atoms with E-state index in [1.807, 2.05) is 18.2 Å². The summed E-state index contributed by atoms with van der Waals surface area (Å²) < 4.78 is 0. The molecular formula is C15H20ClN3O. The molecule has 20 heavy (non-hydrogen) atoms. The highest BCUT2D eigenvalue weighted by atomic mass is 35.5. The molecule has 0 spiro atoms. The van der Waals surface area contributed by atoms with E-state index in [1.54, 1.807) is 6.07 Å². The molecule has 1 aromatic rings. The largest absolute Gasteiger partial charge is 0.324 e. The van der Waals surface area contributed by atoms with Gasteiger partial charge in [-0.1, -0.05) is 23.7 Å². The van der Waals surface area contributed by atoms with Crippen LogP contribution in [-0.4, -0.2) is 42.5 Å². The lowest BCUT2D eigenvalue weighted by molar-refractivity contribution is -0.115. The van der Waals surface area contributed by atoms with Crippen LogP contribution in [0.5, 0.6) is 0 Å². The third-order valence-electron chi connectivity index (χ3n) is 4.28. The van der Waals surface area contributed by atoms with Crippen LogP contribution in [0.1, 0.15) is 19.3 Å². The Labute approximate surface area is 124 Å². The zero-order valence-electron chi connectivity index (χ0n) is 11.4. The van der Waals surface area contributed by atoms with E-state index in [0.717, 1.165) is 13.0 Å². The van der Waals surface area contributed by atoms with Crippen LogP contribution in [0.15, 0.2) is 24.3 Å². The van der Waals surface area contributed by atoms with E-state index in [2.05, 4.69) is 15.5 Å². The molecule has 1 amide bonds. The lowest BCUT2D eigenvalue weighted by Crippen LogP contribution is -2.42. The number of fused-ring (bicyclic) bond motifs is 1. The van der Waals surface area contributed by atoms with E-state index >= 15 is 0 Å². The van der Waals surface area contributed by atoms with Gasteiger partial charge in [0.2, 0.25) is 5.91 Å². The van der Waals surface area contributed by atoms with Crippen LogP contribution >= 0.6 is 11.6 Å². The lowest BCUT2D eigenvalue weighted by Gasteiger charge is -2.21. The zero-order valence-corrected chi connectivity index (χ0v) is 12.2. The number of nitrogens with zero attached hydrogens (tertiary/aromatic N) is 1. The molecular weight excluding hydrogens is 274 g/mol. The van der Waals surface area contributed by atoms with E-state index in [0.29, 0.717) is 29.3 Å². The minimum absolute atomic E-state index is 0.0328. The highest BCUT2D eigenvalue weighted by molar-refractivity contribution is 6.33. The molecule has 4 nitrogen and oxygen atoms in total. The van der Waals surface area contributed by atoms with Gasteiger partial charge in [-0.3, -0.25) is 9.69 Å². The molecule has 2 aliphatic rings. The number of para-hydroxylation sites is 1. The first-order valence-corrected chi connectivity index (χ1v) is 7.63. The third-order valence-corrected chi connectivity index (χ3v) is 4.61. The van der Waals surface area contributed by atoms with Gasteiger partial charge in [-0.05, 0) is 37.9 Å². The number of hydrogen-bond donors (Lipinski definition) is 2. The van der Waals surface area contributed by atoms with Gasteiger partial charge in [-0.15, -0.1) is 0 Å². The molecule has 3 rings (SSSR count). The third kappa shape index (κ3) is 2.97. The molecule has 2 fully saturated rings. The Kier molecular flexibility index (Phi) is 4.24. The fourth-order valence-corrected chi connectivity index (χ4v) is 3.48. The molecule has 0 bridgehead atoms. The Balaban J connectivity index is 1.49. The van der Waals surface area contributed by atoms with Crippen molar-refractivity contribution in [1.82, 2.24) is 10.2 Å². The predicted octanol–water partition coefficient (Wildman–Crippen LogP) is 2.10. The highest BCUT2D eigenvalue weighted by Crippen LogP contribution is 2.27. The Morgan fingerprint density at radius 1 is 1.30 bits per heavy atom. The van der Waals surface area contributed by atoms with Crippen LogP contribution in [0, 0.1) is 0 Å². The molecule has 108 valence electrons. The van der Waals surface area contributed by atoms with Crippen LogP contribution in [0.4, 0.5) is 5.69 Å². The van der Waals surface area contributed by atoms with Crippen LogP contribution in [-0.2, 0) is 4.79 Å². The van der Waals surface area contributed by atoms with E-state index in [1.165, 1.54) is 19.4 Å². The van der Waals surface area contributed by atoms with Crippen molar-refractivity contribution in [3.05, 3.63) is 29.3 Å². The number of benzene rings is 1. The van der Waals surface area contributed by atoms with Gasteiger partial charge in [-0.25, -0.2) is 0 Å². The standard InChI is InChI=1S/C15H20ClN3O/c16-11-4-1-2-5-12(11)18-15(20)10-17-13-7-9-19-8-3-6-14(13)19/h1-2,4-5,13-14,17H,3,6-10H2,(H,18,20). The van der Waals surface area contributed by atoms with Crippen molar-refractivity contribution in [3.8, 4) is 0 Å². The van der Waals surface area contributed by atoms with Crippen LogP contribution < -0.4 is 10.6 Å². The van der Waals surface area contributed by atoms with Crippen molar-refractivity contribution in [2.45, 2.75) is 31.3 Å². The lowest BCUT2D eigenvalue weighted by atomic mass is 10.1. The summed E-state index contributed by atoms with van der Waals surface area (Å²) in [5.74, 6) is -0.0328. The maximum Gasteiger partial charge on any atom is 0.238 e. The smallest absolute Gasteiger partial charge is 0.238 e. The fraction of sp³-hybridized carbons (Fsp3) is 0.533. The number of nitrogens with one attached hydrogen (secondary N) is 2. The maximum absolute atomic E-state index is 12.0. The Morgan fingerprint density at radius 3 is 3.00 bits per heavy atom. The van der Waals surface area contributed by atoms with Gasteiger partial charge in [0.25, 0.3) is 0 Å². The number of anilines is 1. The normalized spacial score (nSPS) is 25.6. The quantitative estimate of drug-likeness (QED) is 0.894. The van der Waals surface area contributed by atoms with Crippen LogP contribution in [0.3, 0.4) is 0 Å². The number of hydrogen-bond acceptors (Lipinski definition) is 3. The van der Waals surface area contributed by atoms with Gasteiger partial charge >= 0.3 is 0 Å². The number of amides is 1. The van der Waals surface area contributed by atoms with Gasteiger partial charge in [0.05, 0.1) is 17.3 Å². The molecule has 1 aromatic carbocycles. The minimum Gasteiger partial charge on any atom is -0.324 e. The second kappa shape index (κ2) is 6.12. The van der Waals surface area contributed by atoms with Crippen molar-refractivity contribution in [3.63, 3.8) is 0 Å². The summed E-state index contributed by atoms with van der Waals surface area (Å²) in [6, 6.07) is 8.38. The average molecular weight is 294 g/mol. The van der Waals surface area contributed by atoms with E-state index in [9.17, 15) is 4.79 Å². The maximum atomic E-state index is 12.0. The van der Waals surface area contributed by atoms with Gasteiger partial charge in [-0.2, -0.15) is 0 Å². The SMILES string of the molecule is O=C(CNC1CCN2CCCC12)Nc1ccccc1Cl. The molecule has 0 radical (unpaired) electrons. The number of carbonyl (C=O) groups excluding carboxylic acids is 1. The second-order valence-electron chi connectivity index (χ2n) is 5.55. The van der Waals surface area contributed by atoms with Crippen LogP contribution in [0.2, 0.25) is 5.02 Å². The number of halogens is 1. The summed E-state index contributed by atoms with van der Waals surface area (Å²) in [6.45, 7) is 2.73. The van der Waals surface area contributed by atoms with Gasteiger partial charge in [0, 0.05) is 18.6 Å². The topological polar surface area (TPSA) is 44.4 Å². The van der Waals surface area contributed by atoms with Gasteiger partial charge < -0.3 is 10.6 Å². The molecule has 0 aromatic heterocycles. The van der Waals surface area contributed by atoms with Crippen molar-refractivity contribution in [1.29, 1.82) is 0 Å². The van der Waals surface area contributed by atoms with Crippen LogP contribution in [0.25, 0.3) is 0 Å². The van der Waals surface area contributed by atoms with Gasteiger partial charge in [0.1, 0.15) is 0 Å². The number of carbonyl (C=O) groups is 1. The Bertz CT molecular complexity index is 494. The average Bonchev–Trinajstić information content (AvgIpc) is 3.02. The summed E-state index contributed by atoms with van der Waals surface area (Å²) in [6.07, 6.45) is 3.68. The molecule has 2 aliphatic heterocycles. The molecule has 2 unspecified atom stereocenters. The first-order chi connectivity index (χ1) is 9.74. The Hall–Kier alpha value is -1.10. The first-order valence-electron chi connectivity index (χ1n) is 7.26. The minimum atomic E-state index is -0.0328. The molecule has 5 heteroatoms. The number of rotatable bonds is 4. The van der Waals surface area contributed by atoms with E-state index < -0.39 is 0 Å². The first kappa shape index (κ1) is 13.9. The molecule has 2 atom stereocenters. The predicted molar refractivity (Wildman–Crippen MR) is 81.1 cm³/mol. The molecule has 0 aliphatic carbocycles. The molecule has 0 saturated carbocycles. The van der Waals surface area contributed by atoms with E-state index in [-0.39, 0.29) is 5.91 Å². The summed E-state index contributed by atoms with van der Waals surface area (Å²) >= 11 is 6.03. The molecule has 2 saturated heterocycles. The summed E-state index contributed by atoms with van der Waals surface area (Å²) in [5, 5.41) is 6.82. The molecule has 2 heterocycles. The molecule has 2 N–H and O–H groups in total. The van der Waals surface area contributed by atoms with Crippen molar-refractivity contribution in [2.24, 2.45) is 0 Å². The van der Waals surface area contributed by atoms with Crippen molar-refractivity contribution < 1.29 is 4.79 Å². The summed E-state index contributed by atoms with van der Waals surface area (Å²) in [4.78, 5) is 14.5. The summed E-state index contributed by atoms with van der Waals surface area (Å²) in [5.41, 5.74) is 0.676. The van der Waals surface area contributed by atoms with Crippen molar-refractivity contribution in [2.75, 3.05) is 25.0 Å². The monoisotopic (exact) mass is 293 g/mol. The zero-order chi connectivity index (χ0) is 13.9. The second-order valence-corrected chi connectivity index (χ2v) is 5.96. The van der Waals surface area contributed by atoms with Gasteiger partial charge in [0.15, 0.2) is 0 Å². The Morgan fingerprint density at radius 2 is 2.15 bits per heavy atom. The highest BCUT2D eigenvalue weighted by Gasteiger charge is 2.36. The van der Waals surface area contributed by atoms with Crippen molar-refractivity contribution >= 4 is 23.2 Å². The fourth-order valence-electron chi connectivity index (χ4n) is 3.30. The summed E-state index contributed by atoms with van der Waals surface area (Å²) in [7, 11) is 0.